The minimum atomic E-state index is -1.04. The number of aliphatic carboxylic acids is 1. The molecule has 2 rings (SSSR count). The largest absolute Gasteiger partial charge is 0.480 e. The molecule has 1 aliphatic heterocycles. The van der Waals surface area contributed by atoms with Gasteiger partial charge >= 0.3 is 5.97 Å². The average molecular weight is 242 g/mol. The van der Waals surface area contributed by atoms with Gasteiger partial charge in [0.15, 0.2) is 6.04 Å². The Morgan fingerprint density at radius 3 is 3.06 bits per heavy atom. The molecule has 1 saturated heterocycles. The maximum absolute atomic E-state index is 12.0. The van der Waals surface area contributed by atoms with Crippen molar-refractivity contribution >= 4 is 23.2 Å². The molecule has 0 spiro atoms. The number of rotatable bonds is 2. The van der Waals surface area contributed by atoms with Crippen molar-refractivity contribution in [1.82, 2.24) is 9.88 Å². The van der Waals surface area contributed by atoms with Gasteiger partial charge in [-0.2, -0.15) is 0 Å². The lowest BCUT2D eigenvalue weighted by atomic mass is 10.2. The summed E-state index contributed by atoms with van der Waals surface area (Å²) in [6.07, 6.45) is 1.45. The molecule has 2 heterocycles. The number of aromatic nitrogens is 1. The van der Waals surface area contributed by atoms with Crippen LogP contribution in [0.15, 0.2) is 11.7 Å². The molecular formula is C9H10N2O4S. The second-order valence-electron chi connectivity index (χ2n) is 3.29. The van der Waals surface area contributed by atoms with Crippen LogP contribution < -0.4 is 0 Å². The molecule has 1 unspecified atom stereocenters. The van der Waals surface area contributed by atoms with Crippen LogP contribution in [0.3, 0.4) is 0 Å². The Kier molecular flexibility index (Phi) is 3.16. The summed E-state index contributed by atoms with van der Waals surface area (Å²) in [6.45, 7) is 0.710. The molecule has 86 valence electrons. The molecular weight excluding hydrogens is 232 g/mol. The molecule has 1 aliphatic rings. The summed E-state index contributed by atoms with van der Waals surface area (Å²) >= 11 is 1.20. The number of carbonyl (C=O) groups is 2. The summed E-state index contributed by atoms with van der Waals surface area (Å²) in [7, 11) is 0. The molecule has 16 heavy (non-hydrogen) atoms. The van der Waals surface area contributed by atoms with E-state index in [-0.39, 0.29) is 12.5 Å². The van der Waals surface area contributed by atoms with Crippen LogP contribution in [0, 0.1) is 0 Å². The first kappa shape index (κ1) is 11.0. The van der Waals surface area contributed by atoms with Crippen molar-refractivity contribution in [2.45, 2.75) is 6.04 Å². The van der Waals surface area contributed by atoms with Gasteiger partial charge in [0.1, 0.15) is 4.88 Å². The van der Waals surface area contributed by atoms with Gasteiger partial charge in [0.25, 0.3) is 5.91 Å². The third-order valence-corrected chi connectivity index (χ3v) is 3.08. The Morgan fingerprint density at radius 2 is 2.44 bits per heavy atom. The highest BCUT2D eigenvalue weighted by Crippen LogP contribution is 2.15. The van der Waals surface area contributed by atoms with Crippen LogP contribution in [0.4, 0.5) is 0 Å². The number of nitrogens with zero attached hydrogens (tertiary/aromatic N) is 2. The van der Waals surface area contributed by atoms with Gasteiger partial charge in [0, 0.05) is 6.54 Å². The second kappa shape index (κ2) is 4.58. The van der Waals surface area contributed by atoms with Gasteiger partial charge in [0.2, 0.25) is 0 Å². The molecule has 0 radical (unpaired) electrons. The number of carbonyl (C=O) groups excluding carboxylic acids is 1. The minimum absolute atomic E-state index is 0.0415. The number of morpholine rings is 1. The van der Waals surface area contributed by atoms with Crippen LogP contribution in [0.2, 0.25) is 0 Å². The molecule has 0 aromatic carbocycles. The molecule has 1 aromatic rings. The first-order valence-electron chi connectivity index (χ1n) is 4.70. The fourth-order valence-corrected chi connectivity index (χ4v) is 2.09. The lowest BCUT2D eigenvalue weighted by Crippen LogP contribution is -2.52. The molecule has 7 heteroatoms. The van der Waals surface area contributed by atoms with Crippen LogP contribution >= 0.6 is 11.3 Å². The van der Waals surface area contributed by atoms with E-state index in [1.54, 1.807) is 5.51 Å². The fraction of sp³-hybridized carbons (Fsp3) is 0.444. The van der Waals surface area contributed by atoms with Crippen molar-refractivity contribution in [2.24, 2.45) is 0 Å². The summed E-state index contributed by atoms with van der Waals surface area (Å²) in [4.78, 5) is 28.5. The molecule has 1 atom stereocenters. The lowest BCUT2D eigenvalue weighted by Gasteiger charge is -2.32. The second-order valence-corrected chi connectivity index (χ2v) is 4.18. The third kappa shape index (κ3) is 2.05. The van der Waals surface area contributed by atoms with E-state index in [0.29, 0.717) is 18.0 Å². The lowest BCUT2D eigenvalue weighted by molar-refractivity contribution is -0.147. The Morgan fingerprint density at radius 1 is 1.62 bits per heavy atom. The van der Waals surface area contributed by atoms with Gasteiger partial charge in [-0.25, -0.2) is 4.79 Å². The summed E-state index contributed by atoms with van der Waals surface area (Å²) in [6, 6.07) is -0.900. The summed E-state index contributed by atoms with van der Waals surface area (Å²) < 4.78 is 5.05. The summed E-state index contributed by atoms with van der Waals surface area (Å²) in [5.74, 6) is -1.34. The highest BCUT2D eigenvalue weighted by atomic mass is 32.1. The van der Waals surface area contributed by atoms with Crippen LogP contribution in [0.5, 0.6) is 0 Å². The van der Waals surface area contributed by atoms with E-state index >= 15 is 0 Å². The maximum atomic E-state index is 12.0. The van der Waals surface area contributed by atoms with E-state index in [1.807, 2.05) is 0 Å². The number of hydrogen-bond acceptors (Lipinski definition) is 5. The third-order valence-electron chi connectivity index (χ3n) is 2.32. The van der Waals surface area contributed by atoms with Crippen LogP contribution in [0.1, 0.15) is 9.67 Å². The van der Waals surface area contributed by atoms with Gasteiger partial charge in [-0.3, -0.25) is 9.78 Å². The highest BCUT2D eigenvalue weighted by Gasteiger charge is 2.33. The Hall–Kier alpha value is -1.47. The monoisotopic (exact) mass is 242 g/mol. The van der Waals surface area contributed by atoms with Gasteiger partial charge in [-0.15, -0.1) is 11.3 Å². The van der Waals surface area contributed by atoms with Crippen molar-refractivity contribution in [1.29, 1.82) is 0 Å². The Balaban J connectivity index is 2.17. The van der Waals surface area contributed by atoms with Crippen molar-refractivity contribution in [2.75, 3.05) is 19.8 Å². The number of thiazole rings is 1. The van der Waals surface area contributed by atoms with Crippen molar-refractivity contribution in [3.8, 4) is 0 Å². The zero-order valence-corrected chi connectivity index (χ0v) is 9.14. The standard InChI is InChI=1S/C9H10N2O4S/c12-8(7-3-10-5-16-7)11-1-2-15-4-6(11)9(13)14/h3,5-6H,1-2,4H2,(H,13,14). The van der Waals surface area contributed by atoms with E-state index in [0.717, 1.165) is 0 Å². The van der Waals surface area contributed by atoms with E-state index in [2.05, 4.69) is 4.98 Å². The molecule has 1 fully saturated rings. The topological polar surface area (TPSA) is 79.7 Å². The molecule has 1 amide bonds. The van der Waals surface area contributed by atoms with Crippen LogP contribution in [0.25, 0.3) is 0 Å². The Labute approximate surface area is 95.5 Å². The van der Waals surface area contributed by atoms with Gasteiger partial charge in [0.05, 0.1) is 24.9 Å². The number of ether oxygens (including phenoxy) is 1. The number of carboxylic acid groups (broad SMARTS) is 1. The predicted molar refractivity (Wildman–Crippen MR) is 55.4 cm³/mol. The number of amides is 1. The van der Waals surface area contributed by atoms with E-state index in [1.165, 1.54) is 22.4 Å². The molecule has 1 aromatic heterocycles. The first-order chi connectivity index (χ1) is 7.70. The van der Waals surface area contributed by atoms with Crippen molar-refractivity contribution in [3.05, 3.63) is 16.6 Å². The SMILES string of the molecule is O=C(O)C1COCCN1C(=O)c1cncs1. The maximum Gasteiger partial charge on any atom is 0.328 e. The number of hydrogen-bond donors (Lipinski definition) is 1. The van der Waals surface area contributed by atoms with Gasteiger partial charge in [-0.05, 0) is 0 Å². The predicted octanol–water partition coefficient (Wildman–Crippen LogP) is 0.0687. The fourth-order valence-electron chi connectivity index (χ4n) is 1.51. The normalized spacial score (nSPS) is 20.8. The quantitative estimate of drug-likeness (QED) is 0.793. The summed E-state index contributed by atoms with van der Waals surface area (Å²) in [5, 5.41) is 8.97. The van der Waals surface area contributed by atoms with Crippen molar-refractivity contribution in [3.63, 3.8) is 0 Å². The van der Waals surface area contributed by atoms with Gasteiger partial charge < -0.3 is 14.7 Å². The van der Waals surface area contributed by atoms with E-state index in [9.17, 15) is 9.59 Å². The Bertz CT molecular complexity index is 392. The molecule has 6 nitrogen and oxygen atoms in total. The van der Waals surface area contributed by atoms with Crippen LogP contribution in [-0.2, 0) is 9.53 Å². The minimum Gasteiger partial charge on any atom is -0.480 e. The molecule has 1 N–H and O–H groups in total. The molecule has 0 aliphatic carbocycles. The van der Waals surface area contributed by atoms with Gasteiger partial charge in [-0.1, -0.05) is 0 Å². The number of carboxylic acids is 1. The smallest absolute Gasteiger partial charge is 0.328 e. The van der Waals surface area contributed by atoms with E-state index in [4.69, 9.17) is 9.84 Å². The zero-order valence-electron chi connectivity index (χ0n) is 8.33. The summed E-state index contributed by atoms with van der Waals surface area (Å²) in [5.41, 5.74) is 1.55. The van der Waals surface area contributed by atoms with Crippen molar-refractivity contribution < 1.29 is 19.4 Å². The molecule has 0 saturated carbocycles. The van der Waals surface area contributed by atoms with E-state index < -0.39 is 12.0 Å². The average Bonchev–Trinajstić information content (AvgIpc) is 2.81. The zero-order chi connectivity index (χ0) is 11.5. The highest BCUT2D eigenvalue weighted by molar-refractivity contribution is 7.11. The first-order valence-corrected chi connectivity index (χ1v) is 5.58. The molecule has 0 bridgehead atoms. The van der Waals surface area contributed by atoms with Crippen LogP contribution in [-0.4, -0.2) is 52.7 Å².